The molecule has 1 aromatic rings. The maximum absolute atomic E-state index is 13.5. The predicted octanol–water partition coefficient (Wildman–Crippen LogP) is 2.74. The van der Waals surface area contributed by atoms with Crippen LogP contribution in [-0.4, -0.2) is 19.1 Å². The Bertz CT molecular complexity index is 334. The molecule has 0 radical (unpaired) electrons. The minimum atomic E-state index is -0.228. The monoisotopic (exact) mass is 278 g/mol. The van der Waals surface area contributed by atoms with Gasteiger partial charge < -0.3 is 10.6 Å². The van der Waals surface area contributed by atoms with Crippen LogP contribution in [0.3, 0.4) is 0 Å². The van der Waals surface area contributed by atoms with E-state index >= 15 is 0 Å². The molecule has 1 aliphatic rings. The lowest BCUT2D eigenvalue weighted by Gasteiger charge is -2.24. The number of benzene rings is 1. The van der Waals surface area contributed by atoms with Gasteiger partial charge in [-0.1, -0.05) is 17.7 Å². The number of halogens is 3. The van der Waals surface area contributed by atoms with Gasteiger partial charge in [0.25, 0.3) is 0 Å². The van der Waals surface area contributed by atoms with E-state index in [4.69, 9.17) is 11.6 Å². The van der Waals surface area contributed by atoms with Gasteiger partial charge in [-0.15, -0.1) is 12.4 Å². The molecule has 0 atom stereocenters. The van der Waals surface area contributed by atoms with Crippen LogP contribution < -0.4 is 10.6 Å². The van der Waals surface area contributed by atoms with E-state index < -0.39 is 0 Å². The van der Waals surface area contributed by atoms with Crippen molar-refractivity contribution in [2.45, 2.75) is 25.4 Å². The van der Waals surface area contributed by atoms with Crippen LogP contribution in [0.5, 0.6) is 0 Å². The van der Waals surface area contributed by atoms with Gasteiger partial charge in [0.1, 0.15) is 5.82 Å². The Kier molecular flexibility index (Phi) is 6.20. The molecule has 2 rings (SSSR count). The van der Waals surface area contributed by atoms with Crippen LogP contribution in [0.1, 0.15) is 18.4 Å². The summed E-state index contributed by atoms with van der Waals surface area (Å²) in [6.45, 7) is 2.57. The Morgan fingerprint density at radius 2 is 2.06 bits per heavy atom. The van der Waals surface area contributed by atoms with E-state index in [1.165, 1.54) is 6.07 Å². The fraction of sp³-hybridized carbons (Fsp3) is 0.500. The number of nitrogens with one attached hydrogen (secondary N) is 2. The van der Waals surface area contributed by atoms with Crippen LogP contribution in [0.25, 0.3) is 0 Å². The van der Waals surface area contributed by atoms with Gasteiger partial charge in [0.05, 0.1) is 0 Å². The molecule has 1 heterocycles. The van der Waals surface area contributed by atoms with Crippen molar-refractivity contribution in [1.29, 1.82) is 0 Å². The van der Waals surface area contributed by atoms with Crippen molar-refractivity contribution < 1.29 is 4.39 Å². The molecule has 1 saturated heterocycles. The molecule has 0 aliphatic carbocycles. The van der Waals surface area contributed by atoms with Crippen LogP contribution in [-0.2, 0) is 6.54 Å². The topological polar surface area (TPSA) is 24.1 Å². The minimum absolute atomic E-state index is 0. The van der Waals surface area contributed by atoms with Gasteiger partial charge in [-0.2, -0.15) is 0 Å². The van der Waals surface area contributed by atoms with E-state index in [9.17, 15) is 4.39 Å². The minimum Gasteiger partial charge on any atom is -0.317 e. The molecule has 1 fully saturated rings. The Balaban J connectivity index is 0.00000144. The summed E-state index contributed by atoms with van der Waals surface area (Å²) in [4.78, 5) is 0. The summed E-state index contributed by atoms with van der Waals surface area (Å²) >= 11 is 5.95. The van der Waals surface area contributed by atoms with Crippen molar-refractivity contribution in [3.05, 3.63) is 34.6 Å². The third-order valence-electron chi connectivity index (χ3n) is 2.97. The van der Waals surface area contributed by atoms with Crippen LogP contribution >= 0.6 is 24.0 Å². The lowest BCUT2D eigenvalue weighted by molar-refractivity contribution is 0.384. The second-order valence-electron chi connectivity index (χ2n) is 4.11. The Labute approximate surface area is 112 Å². The van der Waals surface area contributed by atoms with Crippen molar-refractivity contribution in [2.75, 3.05) is 13.1 Å². The Morgan fingerprint density at radius 1 is 1.35 bits per heavy atom. The normalized spacial score (nSPS) is 16.6. The van der Waals surface area contributed by atoms with Gasteiger partial charge in [0.2, 0.25) is 0 Å². The van der Waals surface area contributed by atoms with E-state index in [1.807, 2.05) is 0 Å². The maximum Gasteiger partial charge on any atom is 0.129 e. The number of rotatable bonds is 3. The molecule has 0 spiro atoms. The zero-order valence-electron chi connectivity index (χ0n) is 9.51. The molecular formula is C12H17Cl2FN2. The molecule has 0 saturated carbocycles. The summed E-state index contributed by atoms with van der Waals surface area (Å²) in [5.41, 5.74) is 0.572. The Morgan fingerprint density at radius 3 is 2.71 bits per heavy atom. The second kappa shape index (κ2) is 7.17. The van der Waals surface area contributed by atoms with E-state index in [-0.39, 0.29) is 18.2 Å². The van der Waals surface area contributed by atoms with Crippen molar-refractivity contribution in [3.8, 4) is 0 Å². The van der Waals surface area contributed by atoms with Crippen LogP contribution in [0.2, 0.25) is 5.02 Å². The van der Waals surface area contributed by atoms with Gasteiger partial charge in [0, 0.05) is 23.2 Å². The van der Waals surface area contributed by atoms with E-state index in [0.29, 0.717) is 23.2 Å². The molecule has 0 bridgehead atoms. The zero-order valence-corrected chi connectivity index (χ0v) is 11.1. The molecule has 1 aromatic carbocycles. The van der Waals surface area contributed by atoms with Crippen molar-refractivity contribution in [2.24, 2.45) is 0 Å². The molecule has 2 nitrogen and oxygen atoms in total. The highest BCUT2D eigenvalue weighted by Crippen LogP contribution is 2.19. The SMILES string of the molecule is Cl.Fc1cccc(Cl)c1CNC1CCNCC1. The number of hydrogen-bond donors (Lipinski definition) is 2. The smallest absolute Gasteiger partial charge is 0.129 e. The van der Waals surface area contributed by atoms with Gasteiger partial charge in [-0.05, 0) is 38.1 Å². The maximum atomic E-state index is 13.5. The third-order valence-corrected chi connectivity index (χ3v) is 3.32. The number of piperidine rings is 1. The van der Waals surface area contributed by atoms with E-state index in [2.05, 4.69) is 10.6 Å². The van der Waals surface area contributed by atoms with Gasteiger partial charge in [-0.25, -0.2) is 4.39 Å². The molecule has 1 aliphatic heterocycles. The van der Waals surface area contributed by atoms with E-state index in [0.717, 1.165) is 25.9 Å². The molecule has 0 aromatic heterocycles. The number of hydrogen-bond acceptors (Lipinski definition) is 2. The average molecular weight is 279 g/mol. The second-order valence-corrected chi connectivity index (χ2v) is 4.51. The first-order valence-corrected chi connectivity index (χ1v) is 6.02. The molecule has 5 heteroatoms. The van der Waals surface area contributed by atoms with Gasteiger partial charge in [-0.3, -0.25) is 0 Å². The van der Waals surface area contributed by atoms with Crippen molar-refractivity contribution in [1.82, 2.24) is 10.6 Å². The highest BCUT2D eigenvalue weighted by atomic mass is 35.5. The standard InChI is InChI=1S/C12H16ClFN2.ClH/c13-11-2-1-3-12(14)10(11)8-16-9-4-6-15-7-5-9;/h1-3,9,15-16H,4-8H2;1H. The first-order valence-electron chi connectivity index (χ1n) is 5.64. The molecular weight excluding hydrogens is 262 g/mol. The molecule has 96 valence electrons. The molecule has 0 unspecified atom stereocenters. The summed E-state index contributed by atoms with van der Waals surface area (Å²) in [5.74, 6) is -0.228. The summed E-state index contributed by atoms with van der Waals surface area (Å²) < 4.78 is 13.5. The van der Waals surface area contributed by atoms with Gasteiger partial charge >= 0.3 is 0 Å². The van der Waals surface area contributed by atoms with E-state index in [1.54, 1.807) is 12.1 Å². The van der Waals surface area contributed by atoms with Crippen LogP contribution in [0.4, 0.5) is 4.39 Å². The summed E-state index contributed by atoms with van der Waals surface area (Å²) in [6, 6.07) is 5.28. The van der Waals surface area contributed by atoms with Crippen molar-refractivity contribution in [3.63, 3.8) is 0 Å². The van der Waals surface area contributed by atoms with Crippen LogP contribution in [0, 0.1) is 5.82 Å². The lowest BCUT2D eigenvalue weighted by atomic mass is 10.1. The predicted molar refractivity (Wildman–Crippen MR) is 71.4 cm³/mol. The third kappa shape index (κ3) is 4.11. The average Bonchev–Trinajstić information content (AvgIpc) is 2.30. The van der Waals surface area contributed by atoms with Gasteiger partial charge in [0.15, 0.2) is 0 Å². The molecule has 0 amide bonds. The summed E-state index contributed by atoms with van der Waals surface area (Å²) in [6.07, 6.45) is 2.18. The first-order chi connectivity index (χ1) is 7.77. The highest BCUT2D eigenvalue weighted by molar-refractivity contribution is 6.31. The molecule has 17 heavy (non-hydrogen) atoms. The molecule has 2 N–H and O–H groups in total. The summed E-state index contributed by atoms with van der Waals surface area (Å²) in [5, 5.41) is 7.15. The largest absolute Gasteiger partial charge is 0.317 e. The summed E-state index contributed by atoms with van der Waals surface area (Å²) in [7, 11) is 0. The fourth-order valence-electron chi connectivity index (χ4n) is 1.97. The van der Waals surface area contributed by atoms with Crippen LogP contribution in [0.15, 0.2) is 18.2 Å². The quantitative estimate of drug-likeness (QED) is 0.889. The Hall–Kier alpha value is -0.350. The fourth-order valence-corrected chi connectivity index (χ4v) is 2.20. The zero-order chi connectivity index (χ0) is 11.4. The lowest BCUT2D eigenvalue weighted by Crippen LogP contribution is -2.39. The van der Waals surface area contributed by atoms with Crippen molar-refractivity contribution >= 4 is 24.0 Å². The first kappa shape index (κ1) is 14.7. The highest BCUT2D eigenvalue weighted by Gasteiger charge is 2.13.